The van der Waals surface area contributed by atoms with Crippen molar-refractivity contribution in [3.05, 3.63) is 48.4 Å². The van der Waals surface area contributed by atoms with Crippen molar-refractivity contribution in [3.8, 4) is 11.4 Å². The Kier molecular flexibility index (Phi) is 4.34. The van der Waals surface area contributed by atoms with Gasteiger partial charge in [-0.1, -0.05) is 6.07 Å². The molecule has 3 aromatic rings. The van der Waals surface area contributed by atoms with Gasteiger partial charge in [-0.3, -0.25) is 4.57 Å². The van der Waals surface area contributed by atoms with Gasteiger partial charge < -0.3 is 9.47 Å². The Hall–Kier alpha value is -2.40. The van der Waals surface area contributed by atoms with Crippen LogP contribution in [-0.4, -0.2) is 35.4 Å². The lowest BCUT2D eigenvalue weighted by atomic mass is 10.2. The van der Waals surface area contributed by atoms with Crippen LogP contribution in [0.25, 0.3) is 16.9 Å². The van der Waals surface area contributed by atoms with Crippen molar-refractivity contribution in [1.82, 2.24) is 14.5 Å². The van der Waals surface area contributed by atoms with E-state index in [9.17, 15) is 0 Å². The highest BCUT2D eigenvalue weighted by Gasteiger charge is 2.13. The van der Waals surface area contributed by atoms with Gasteiger partial charge in [-0.15, -0.1) is 0 Å². The zero-order valence-corrected chi connectivity index (χ0v) is 12.8. The molecule has 2 aromatic heterocycles. The van der Waals surface area contributed by atoms with E-state index in [1.807, 2.05) is 36.4 Å². The Labute approximate surface area is 129 Å². The molecule has 0 unspecified atom stereocenters. The van der Waals surface area contributed by atoms with Crippen LogP contribution >= 0.6 is 0 Å². The van der Waals surface area contributed by atoms with E-state index in [2.05, 4.69) is 9.55 Å². The third kappa shape index (κ3) is 2.80. The standard InChI is InChI=1S/C17H19N3O2/c1-21-11-5-9-16-19-15-8-4-10-18-17(15)20(16)13-6-3-7-14(12-13)22-2/h3-4,6-8,10,12H,5,9,11H2,1-2H3. The highest BCUT2D eigenvalue weighted by atomic mass is 16.5. The monoisotopic (exact) mass is 297 g/mol. The lowest BCUT2D eigenvalue weighted by Crippen LogP contribution is -2.04. The summed E-state index contributed by atoms with van der Waals surface area (Å²) in [4.78, 5) is 9.21. The number of hydrogen-bond acceptors (Lipinski definition) is 4. The molecule has 5 heteroatoms. The quantitative estimate of drug-likeness (QED) is 0.656. The first-order valence-corrected chi connectivity index (χ1v) is 7.29. The summed E-state index contributed by atoms with van der Waals surface area (Å²) in [5, 5.41) is 0. The van der Waals surface area contributed by atoms with Gasteiger partial charge in [0.1, 0.15) is 17.1 Å². The van der Waals surface area contributed by atoms with Crippen LogP contribution in [0.2, 0.25) is 0 Å². The molecular weight excluding hydrogens is 278 g/mol. The van der Waals surface area contributed by atoms with Crippen LogP contribution < -0.4 is 4.74 Å². The van der Waals surface area contributed by atoms with Crippen LogP contribution in [0.3, 0.4) is 0 Å². The van der Waals surface area contributed by atoms with Crippen LogP contribution in [-0.2, 0) is 11.2 Å². The van der Waals surface area contributed by atoms with Gasteiger partial charge in [-0.25, -0.2) is 9.97 Å². The number of methoxy groups -OCH3 is 2. The summed E-state index contributed by atoms with van der Waals surface area (Å²) < 4.78 is 12.6. The minimum atomic E-state index is 0.717. The molecule has 0 spiro atoms. The Morgan fingerprint density at radius 2 is 2.05 bits per heavy atom. The minimum absolute atomic E-state index is 0.717. The van der Waals surface area contributed by atoms with Gasteiger partial charge in [0, 0.05) is 32.4 Å². The molecule has 0 fully saturated rings. The summed E-state index contributed by atoms with van der Waals surface area (Å²) in [5.41, 5.74) is 2.77. The van der Waals surface area contributed by atoms with Crippen molar-refractivity contribution in [3.63, 3.8) is 0 Å². The molecule has 5 nitrogen and oxygen atoms in total. The van der Waals surface area contributed by atoms with Gasteiger partial charge in [0.15, 0.2) is 5.65 Å². The molecule has 0 amide bonds. The van der Waals surface area contributed by atoms with Crippen LogP contribution in [0.15, 0.2) is 42.6 Å². The first kappa shape index (κ1) is 14.5. The smallest absolute Gasteiger partial charge is 0.164 e. The lowest BCUT2D eigenvalue weighted by Gasteiger charge is -2.10. The Balaban J connectivity index is 2.10. The third-order valence-electron chi connectivity index (χ3n) is 3.55. The predicted octanol–water partition coefficient (Wildman–Crippen LogP) is 3.01. The van der Waals surface area contributed by atoms with Crippen molar-refractivity contribution < 1.29 is 9.47 Å². The van der Waals surface area contributed by atoms with Gasteiger partial charge in [-0.05, 0) is 30.7 Å². The number of ether oxygens (including phenoxy) is 2. The number of aromatic nitrogens is 3. The molecule has 0 aliphatic heterocycles. The van der Waals surface area contributed by atoms with Crippen LogP contribution in [0, 0.1) is 0 Å². The van der Waals surface area contributed by atoms with E-state index in [0.29, 0.717) is 0 Å². The van der Waals surface area contributed by atoms with E-state index in [4.69, 9.17) is 14.5 Å². The number of nitrogens with zero attached hydrogens (tertiary/aromatic N) is 3. The number of pyridine rings is 1. The molecule has 0 saturated carbocycles. The van der Waals surface area contributed by atoms with Crippen LogP contribution in [0.1, 0.15) is 12.2 Å². The second kappa shape index (κ2) is 6.58. The topological polar surface area (TPSA) is 49.2 Å². The summed E-state index contributed by atoms with van der Waals surface area (Å²) in [6.07, 6.45) is 3.55. The van der Waals surface area contributed by atoms with Gasteiger partial charge in [-0.2, -0.15) is 0 Å². The highest BCUT2D eigenvalue weighted by Crippen LogP contribution is 2.23. The second-order valence-corrected chi connectivity index (χ2v) is 5.01. The summed E-state index contributed by atoms with van der Waals surface area (Å²) in [5.74, 6) is 1.80. The van der Waals surface area contributed by atoms with Gasteiger partial charge in [0.25, 0.3) is 0 Å². The molecule has 1 aromatic carbocycles. The minimum Gasteiger partial charge on any atom is -0.497 e. The fourth-order valence-corrected chi connectivity index (χ4v) is 2.52. The van der Waals surface area contributed by atoms with E-state index in [1.165, 1.54) is 0 Å². The number of aryl methyl sites for hydroxylation is 1. The van der Waals surface area contributed by atoms with E-state index in [-0.39, 0.29) is 0 Å². The van der Waals surface area contributed by atoms with Crippen molar-refractivity contribution in [2.75, 3.05) is 20.8 Å². The van der Waals surface area contributed by atoms with E-state index < -0.39 is 0 Å². The SMILES string of the molecule is COCCCc1nc2cccnc2n1-c1cccc(OC)c1. The zero-order valence-electron chi connectivity index (χ0n) is 12.8. The average Bonchev–Trinajstić information content (AvgIpc) is 2.93. The number of rotatable bonds is 6. The Bertz CT molecular complexity index is 767. The molecule has 0 atom stereocenters. The van der Waals surface area contributed by atoms with Gasteiger partial charge in [0.05, 0.1) is 12.8 Å². The molecule has 2 heterocycles. The normalized spacial score (nSPS) is 11.0. The Morgan fingerprint density at radius 3 is 2.86 bits per heavy atom. The summed E-state index contributed by atoms with van der Waals surface area (Å²) >= 11 is 0. The predicted molar refractivity (Wildman–Crippen MR) is 85.6 cm³/mol. The summed E-state index contributed by atoms with van der Waals surface area (Å²) in [6.45, 7) is 0.717. The van der Waals surface area contributed by atoms with E-state index >= 15 is 0 Å². The van der Waals surface area contributed by atoms with Crippen molar-refractivity contribution in [1.29, 1.82) is 0 Å². The Morgan fingerprint density at radius 1 is 1.14 bits per heavy atom. The highest BCUT2D eigenvalue weighted by molar-refractivity contribution is 5.74. The largest absolute Gasteiger partial charge is 0.497 e. The number of imidazole rings is 1. The van der Waals surface area contributed by atoms with Crippen LogP contribution in [0.4, 0.5) is 0 Å². The number of benzene rings is 1. The van der Waals surface area contributed by atoms with E-state index in [1.54, 1.807) is 20.4 Å². The van der Waals surface area contributed by atoms with Crippen LogP contribution in [0.5, 0.6) is 5.75 Å². The fraction of sp³-hybridized carbons (Fsp3) is 0.294. The molecule has 0 saturated heterocycles. The lowest BCUT2D eigenvalue weighted by molar-refractivity contribution is 0.194. The van der Waals surface area contributed by atoms with Gasteiger partial charge in [0.2, 0.25) is 0 Å². The zero-order chi connectivity index (χ0) is 15.4. The second-order valence-electron chi connectivity index (χ2n) is 5.01. The maximum atomic E-state index is 5.33. The average molecular weight is 297 g/mol. The first-order valence-electron chi connectivity index (χ1n) is 7.29. The molecule has 22 heavy (non-hydrogen) atoms. The molecule has 0 N–H and O–H groups in total. The first-order chi connectivity index (χ1) is 10.8. The van der Waals surface area contributed by atoms with Crippen molar-refractivity contribution >= 4 is 11.2 Å². The maximum Gasteiger partial charge on any atom is 0.164 e. The fourth-order valence-electron chi connectivity index (χ4n) is 2.52. The molecule has 0 aliphatic carbocycles. The number of hydrogen-bond donors (Lipinski definition) is 0. The third-order valence-corrected chi connectivity index (χ3v) is 3.55. The number of fused-ring (bicyclic) bond motifs is 1. The van der Waals surface area contributed by atoms with Crippen molar-refractivity contribution in [2.45, 2.75) is 12.8 Å². The summed E-state index contributed by atoms with van der Waals surface area (Å²) in [7, 11) is 3.38. The van der Waals surface area contributed by atoms with Gasteiger partial charge >= 0.3 is 0 Å². The maximum absolute atomic E-state index is 5.33. The molecule has 0 radical (unpaired) electrons. The summed E-state index contributed by atoms with van der Waals surface area (Å²) in [6, 6.07) is 11.8. The van der Waals surface area contributed by atoms with Crippen molar-refractivity contribution in [2.24, 2.45) is 0 Å². The molecular formula is C17H19N3O2. The molecule has 0 bridgehead atoms. The molecule has 0 aliphatic rings. The molecule has 3 rings (SSSR count). The molecule has 114 valence electrons. The van der Waals surface area contributed by atoms with E-state index in [0.717, 1.165) is 47.9 Å².